The lowest BCUT2D eigenvalue weighted by molar-refractivity contribution is -0.192. The maximum Gasteiger partial charge on any atom is 0.490 e. The van der Waals surface area contributed by atoms with E-state index < -0.39 is 12.1 Å². The molecule has 0 spiro atoms. The monoisotopic (exact) mass is 524 g/mol. The van der Waals surface area contributed by atoms with Crippen molar-refractivity contribution in [1.82, 2.24) is 15.5 Å². The van der Waals surface area contributed by atoms with Crippen LogP contribution in [-0.4, -0.2) is 45.9 Å². The highest BCUT2D eigenvalue weighted by molar-refractivity contribution is 6.00. The molecule has 3 aromatic carbocycles. The Morgan fingerprint density at radius 1 is 0.974 bits per heavy atom. The summed E-state index contributed by atoms with van der Waals surface area (Å²) in [6.45, 7) is 1.36. The minimum Gasteiger partial charge on any atom is -0.475 e. The summed E-state index contributed by atoms with van der Waals surface area (Å²) in [6, 6.07) is 25.1. The first-order valence-electron chi connectivity index (χ1n) is 11.6. The third-order valence-electron chi connectivity index (χ3n) is 5.99. The van der Waals surface area contributed by atoms with Crippen molar-refractivity contribution in [3.05, 3.63) is 94.8 Å². The molecule has 196 valence electrons. The van der Waals surface area contributed by atoms with Gasteiger partial charge in [-0.15, -0.1) is 0 Å². The average Bonchev–Trinajstić information content (AvgIpc) is 3.28. The van der Waals surface area contributed by atoms with Crippen LogP contribution in [0.5, 0.6) is 0 Å². The number of carboxylic acid groups (broad SMARTS) is 1. The highest BCUT2D eigenvalue weighted by Crippen LogP contribution is 2.28. The van der Waals surface area contributed by atoms with E-state index in [1.807, 2.05) is 65.6 Å². The number of anilines is 1. The van der Waals surface area contributed by atoms with Crippen LogP contribution in [0.2, 0.25) is 0 Å². The van der Waals surface area contributed by atoms with Gasteiger partial charge in [0.15, 0.2) is 0 Å². The zero-order valence-electron chi connectivity index (χ0n) is 19.9. The molecule has 38 heavy (non-hydrogen) atoms. The number of nitrogens with one attached hydrogen (secondary N) is 2. The fraction of sp³-hybridized carbons (Fsp3) is 0.185. The molecule has 1 saturated heterocycles. The number of benzene rings is 3. The molecule has 1 aromatic heterocycles. The van der Waals surface area contributed by atoms with Gasteiger partial charge in [-0.1, -0.05) is 60.7 Å². The fourth-order valence-corrected chi connectivity index (χ4v) is 4.10. The molecular weight excluding hydrogens is 501 g/mol. The smallest absolute Gasteiger partial charge is 0.475 e. The summed E-state index contributed by atoms with van der Waals surface area (Å²) < 4.78 is 31.7. The SMILES string of the molecule is O=C(O)C(F)(F)F.O=C1C(NCc2ccccc2)CCN1c1ccc(-c2n[nH]c(=O)c3ccccc23)cc1. The third kappa shape index (κ3) is 6.06. The van der Waals surface area contributed by atoms with Crippen molar-refractivity contribution in [2.45, 2.75) is 25.2 Å². The topological polar surface area (TPSA) is 115 Å². The summed E-state index contributed by atoms with van der Waals surface area (Å²) in [5.74, 6) is -2.66. The number of hydrogen-bond acceptors (Lipinski definition) is 5. The van der Waals surface area contributed by atoms with E-state index in [0.717, 1.165) is 28.8 Å². The Morgan fingerprint density at radius 3 is 2.21 bits per heavy atom. The number of nitrogens with zero attached hydrogens (tertiary/aromatic N) is 2. The predicted molar refractivity (Wildman–Crippen MR) is 136 cm³/mol. The van der Waals surface area contributed by atoms with Gasteiger partial charge in [0.1, 0.15) is 0 Å². The Bertz CT molecular complexity index is 1490. The van der Waals surface area contributed by atoms with Gasteiger partial charge in [0.05, 0.1) is 17.1 Å². The summed E-state index contributed by atoms with van der Waals surface area (Å²) in [6.07, 6.45) is -4.31. The number of H-pyrrole nitrogens is 1. The van der Waals surface area contributed by atoms with Crippen molar-refractivity contribution in [3.8, 4) is 11.3 Å². The lowest BCUT2D eigenvalue weighted by Gasteiger charge is -2.18. The lowest BCUT2D eigenvalue weighted by atomic mass is 10.0. The number of aliphatic carboxylic acids is 1. The van der Waals surface area contributed by atoms with Gasteiger partial charge in [0.2, 0.25) is 5.91 Å². The molecule has 1 unspecified atom stereocenters. The first kappa shape index (κ1) is 26.6. The van der Waals surface area contributed by atoms with Gasteiger partial charge in [-0.05, 0) is 30.2 Å². The number of rotatable bonds is 5. The van der Waals surface area contributed by atoms with E-state index >= 15 is 0 Å². The summed E-state index contributed by atoms with van der Waals surface area (Å²) in [5, 5.41) is 18.7. The van der Waals surface area contributed by atoms with Gasteiger partial charge >= 0.3 is 12.1 Å². The van der Waals surface area contributed by atoms with Gasteiger partial charge in [0, 0.05) is 29.7 Å². The fourth-order valence-electron chi connectivity index (χ4n) is 4.10. The summed E-state index contributed by atoms with van der Waals surface area (Å²) in [5.41, 5.74) is 3.44. The van der Waals surface area contributed by atoms with Crippen molar-refractivity contribution in [2.24, 2.45) is 0 Å². The Morgan fingerprint density at radius 2 is 1.58 bits per heavy atom. The molecule has 0 bridgehead atoms. The number of carbonyl (C=O) groups is 2. The van der Waals surface area contributed by atoms with Crippen LogP contribution in [0.15, 0.2) is 83.7 Å². The van der Waals surface area contributed by atoms with E-state index in [1.165, 1.54) is 5.56 Å². The van der Waals surface area contributed by atoms with Crippen molar-refractivity contribution in [3.63, 3.8) is 0 Å². The number of halogens is 3. The largest absolute Gasteiger partial charge is 0.490 e. The second-order valence-electron chi connectivity index (χ2n) is 8.49. The molecule has 8 nitrogen and oxygen atoms in total. The molecule has 1 amide bonds. The van der Waals surface area contributed by atoms with E-state index in [4.69, 9.17) is 9.90 Å². The lowest BCUT2D eigenvalue weighted by Crippen LogP contribution is -2.37. The van der Waals surface area contributed by atoms with Gasteiger partial charge in [-0.2, -0.15) is 18.3 Å². The van der Waals surface area contributed by atoms with Crippen LogP contribution in [0.4, 0.5) is 18.9 Å². The number of amides is 1. The highest BCUT2D eigenvalue weighted by atomic mass is 19.4. The first-order valence-corrected chi connectivity index (χ1v) is 11.6. The zero-order valence-corrected chi connectivity index (χ0v) is 19.9. The number of aromatic amines is 1. The zero-order chi connectivity index (χ0) is 27.3. The molecule has 3 N–H and O–H groups in total. The average molecular weight is 524 g/mol. The first-order chi connectivity index (χ1) is 18.1. The van der Waals surface area contributed by atoms with E-state index in [0.29, 0.717) is 18.5 Å². The van der Waals surface area contributed by atoms with E-state index in [-0.39, 0.29) is 17.5 Å². The van der Waals surface area contributed by atoms with Gasteiger partial charge in [0.25, 0.3) is 5.56 Å². The molecule has 5 rings (SSSR count). The minimum atomic E-state index is -5.08. The predicted octanol–water partition coefficient (Wildman–Crippen LogP) is 4.12. The van der Waals surface area contributed by atoms with E-state index in [1.54, 1.807) is 6.07 Å². The molecule has 1 aliphatic heterocycles. The van der Waals surface area contributed by atoms with E-state index in [9.17, 15) is 22.8 Å². The van der Waals surface area contributed by atoms with Crippen LogP contribution in [0.25, 0.3) is 22.0 Å². The minimum absolute atomic E-state index is 0.0938. The molecule has 2 heterocycles. The Kier molecular flexibility index (Phi) is 7.87. The summed E-state index contributed by atoms with van der Waals surface area (Å²) >= 11 is 0. The number of fused-ring (bicyclic) bond motifs is 1. The number of hydrogen-bond donors (Lipinski definition) is 3. The van der Waals surface area contributed by atoms with Crippen molar-refractivity contribution >= 4 is 28.3 Å². The molecule has 0 saturated carbocycles. The van der Waals surface area contributed by atoms with Crippen LogP contribution in [0, 0.1) is 0 Å². The van der Waals surface area contributed by atoms with Crippen molar-refractivity contribution < 1.29 is 27.9 Å². The Hall–Kier alpha value is -4.51. The van der Waals surface area contributed by atoms with Gasteiger partial charge < -0.3 is 15.3 Å². The molecular formula is C27H23F3N4O4. The van der Waals surface area contributed by atoms with Crippen molar-refractivity contribution in [2.75, 3.05) is 11.4 Å². The van der Waals surface area contributed by atoms with Gasteiger partial charge in [-0.25, -0.2) is 9.89 Å². The molecule has 1 aliphatic rings. The Labute approximate surface area is 214 Å². The van der Waals surface area contributed by atoms with Crippen LogP contribution in [0.3, 0.4) is 0 Å². The number of carboxylic acids is 1. The van der Waals surface area contributed by atoms with Crippen LogP contribution in [-0.2, 0) is 16.1 Å². The van der Waals surface area contributed by atoms with Gasteiger partial charge in [-0.3, -0.25) is 9.59 Å². The second-order valence-corrected chi connectivity index (χ2v) is 8.49. The maximum atomic E-state index is 12.9. The van der Waals surface area contributed by atoms with Crippen molar-refractivity contribution in [1.29, 1.82) is 0 Å². The molecule has 1 fully saturated rings. The number of aromatic nitrogens is 2. The number of alkyl halides is 3. The maximum absolute atomic E-state index is 12.9. The number of carbonyl (C=O) groups excluding carboxylic acids is 1. The third-order valence-corrected chi connectivity index (χ3v) is 5.99. The normalized spacial score (nSPS) is 15.3. The summed E-state index contributed by atoms with van der Waals surface area (Å²) in [7, 11) is 0. The quantitative estimate of drug-likeness (QED) is 0.362. The standard InChI is InChI=1S/C25H22N4O2.C2HF3O2/c30-24-21-9-5-4-8-20(21)23(27-28-24)18-10-12-19(13-11-18)29-15-14-22(25(29)31)26-16-17-6-2-1-3-7-17;3-2(4,5)1(6)7/h1-13,22,26H,14-16H2,(H,28,30);(H,6,7). The molecule has 0 radical (unpaired) electrons. The molecule has 1 atom stereocenters. The molecule has 11 heteroatoms. The van der Waals surface area contributed by atoms with Crippen LogP contribution >= 0.6 is 0 Å². The Balaban J connectivity index is 0.000000426. The molecule has 0 aliphatic carbocycles. The summed E-state index contributed by atoms with van der Waals surface area (Å²) in [4.78, 5) is 35.7. The second kappa shape index (κ2) is 11.3. The molecule has 4 aromatic rings. The van der Waals surface area contributed by atoms with E-state index in [2.05, 4.69) is 27.6 Å². The van der Waals surface area contributed by atoms with Crippen LogP contribution in [0.1, 0.15) is 12.0 Å². The highest BCUT2D eigenvalue weighted by Gasteiger charge is 2.38. The van der Waals surface area contributed by atoms with Crippen LogP contribution < -0.4 is 15.8 Å².